The maximum absolute atomic E-state index is 12.9. The molecule has 0 saturated carbocycles. The number of nitrogens with zero attached hydrogens (tertiary/aromatic N) is 1. The summed E-state index contributed by atoms with van der Waals surface area (Å²) in [6.45, 7) is 7.13. The molecule has 1 heterocycles. The fourth-order valence-electron chi connectivity index (χ4n) is 3.33. The molecule has 2 aromatic carbocycles. The molecule has 1 aliphatic heterocycles. The zero-order chi connectivity index (χ0) is 19.1. The number of benzene rings is 2. The standard InChI is InChI=1S/C21H26FN3O2/c1-2-27-20-6-4-3-5-19(20)25-13-11-24(12-14-25)16-21(26)23-15-17-7-9-18(22)10-8-17/h3-10H,2,11-16H2,1H3,(H,23,26)/p+1. The molecule has 1 aliphatic rings. The fraction of sp³-hybridized carbons (Fsp3) is 0.381. The van der Waals surface area contributed by atoms with Gasteiger partial charge in [-0.25, -0.2) is 4.39 Å². The van der Waals surface area contributed by atoms with E-state index in [1.165, 1.54) is 17.0 Å². The van der Waals surface area contributed by atoms with Gasteiger partial charge in [0.05, 0.1) is 38.5 Å². The molecular weight excluding hydrogens is 345 g/mol. The Balaban J connectivity index is 1.45. The average molecular weight is 372 g/mol. The van der Waals surface area contributed by atoms with Gasteiger partial charge in [-0.1, -0.05) is 24.3 Å². The van der Waals surface area contributed by atoms with Gasteiger partial charge in [-0.3, -0.25) is 4.79 Å². The minimum absolute atomic E-state index is 0.0255. The van der Waals surface area contributed by atoms with Crippen LogP contribution >= 0.6 is 0 Å². The molecule has 1 fully saturated rings. The van der Waals surface area contributed by atoms with Gasteiger partial charge < -0.3 is 19.9 Å². The summed E-state index contributed by atoms with van der Waals surface area (Å²) in [6, 6.07) is 14.3. The van der Waals surface area contributed by atoms with Crippen molar-refractivity contribution in [2.24, 2.45) is 0 Å². The van der Waals surface area contributed by atoms with Gasteiger partial charge in [-0.2, -0.15) is 0 Å². The minimum Gasteiger partial charge on any atom is -0.492 e. The third-order valence-corrected chi connectivity index (χ3v) is 4.79. The maximum atomic E-state index is 12.9. The van der Waals surface area contributed by atoms with Crippen molar-refractivity contribution in [3.05, 3.63) is 59.9 Å². The van der Waals surface area contributed by atoms with E-state index in [1.54, 1.807) is 12.1 Å². The quantitative estimate of drug-likeness (QED) is 0.769. The molecule has 3 rings (SSSR count). The van der Waals surface area contributed by atoms with E-state index < -0.39 is 0 Å². The lowest BCUT2D eigenvalue weighted by atomic mass is 10.2. The van der Waals surface area contributed by atoms with Crippen LogP contribution in [0.4, 0.5) is 10.1 Å². The number of halogens is 1. The zero-order valence-electron chi connectivity index (χ0n) is 15.7. The summed E-state index contributed by atoms with van der Waals surface area (Å²) in [6.07, 6.45) is 0. The minimum atomic E-state index is -0.265. The Labute approximate surface area is 159 Å². The Morgan fingerprint density at radius 2 is 1.85 bits per heavy atom. The number of nitrogens with one attached hydrogen (secondary N) is 2. The number of anilines is 1. The number of para-hydroxylation sites is 2. The van der Waals surface area contributed by atoms with E-state index in [0.29, 0.717) is 19.7 Å². The number of hydrogen-bond acceptors (Lipinski definition) is 3. The molecule has 2 aromatic rings. The largest absolute Gasteiger partial charge is 0.492 e. The van der Waals surface area contributed by atoms with E-state index in [4.69, 9.17) is 4.74 Å². The first-order chi connectivity index (χ1) is 13.2. The van der Waals surface area contributed by atoms with Crippen LogP contribution in [0.5, 0.6) is 5.75 Å². The van der Waals surface area contributed by atoms with E-state index in [1.807, 2.05) is 25.1 Å². The van der Waals surface area contributed by atoms with Gasteiger partial charge in [0.25, 0.3) is 5.91 Å². The highest BCUT2D eigenvalue weighted by molar-refractivity contribution is 5.76. The number of piperazine rings is 1. The topological polar surface area (TPSA) is 46.0 Å². The molecule has 6 heteroatoms. The SMILES string of the molecule is CCOc1ccccc1N1CC[NH+](CC(=O)NCc2ccc(F)cc2)CC1. The molecule has 0 aromatic heterocycles. The summed E-state index contributed by atoms with van der Waals surface area (Å²) >= 11 is 0. The first kappa shape index (κ1) is 19.2. The van der Waals surface area contributed by atoms with Crippen LogP contribution in [0.15, 0.2) is 48.5 Å². The summed E-state index contributed by atoms with van der Waals surface area (Å²) in [5.74, 6) is 0.677. The number of carbonyl (C=O) groups excluding carboxylic acids is 1. The molecule has 1 saturated heterocycles. The third-order valence-electron chi connectivity index (χ3n) is 4.79. The molecule has 2 N–H and O–H groups in total. The normalized spacial score (nSPS) is 14.8. The van der Waals surface area contributed by atoms with Gasteiger partial charge in [0.1, 0.15) is 11.6 Å². The number of quaternary nitrogens is 1. The Hall–Kier alpha value is -2.60. The highest BCUT2D eigenvalue weighted by Gasteiger charge is 2.23. The average Bonchev–Trinajstić information content (AvgIpc) is 2.69. The number of amides is 1. The van der Waals surface area contributed by atoms with Gasteiger partial charge in [-0.05, 0) is 36.8 Å². The van der Waals surface area contributed by atoms with Crippen LogP contribution in [0.25, 0.3) is 0 Å². The number of rotatable bonds is 7. The Morgan fingerprint density at radius 1 is 1.15 bits per heavy atom. The molecule has 0 aliphatic carbocycles. The van der Waals surface area contributed by atoms with Crippen molar-refractivity contribution in [1.82, 2.24) is 5.32 Å². The van der Waals surface area contributed by atoms with Crippen LogP contribution in [0, 0.1) is 5.82 Å². The Kier molecular flexibility index (Phi) is 6.65. The molecule has 27 heavy (non-hydrogen) atoms. The van der Waals surface area contributed by atoms with Crippen molar-refractivity contribution in [2.75, 3.05) is 44.2 Å². The molecule has 0 unspecified atom stereocenters. The molecule has 144 valence electrons. The predicted octanol–water partition coefficient (Wildman–Crippen LogP) is 1.25. The molecule has 5 nitrogen and oxygen atoms in total. The van der Waals surface area contributed by atoms with Crippen LogP contribution in [0.2, 0.25) is 0 Å². The van der Waals surface area contributed by atoms with Gasteiger partial charge in [-0.15, -0.1) is 0 Å². The molecule has 0 radical (unpaired) electrons. The monoisotopic (exact) mass is 372 g/mol. The van der Waals surface area contributed by atoms with Gasteiger partial charge in [0.2, 0.25) is 0 Å². The summed E-state index contributed by atoms with van der Waals surface area (Å²) < 4.78 is 18.6. The first-order valence-electron chi connectivity index (χ1n) is 9.47. The van der Waals surface area contributed by atoms with E-state index in [-0.39, 0.29) is 11.7 Å². The van der Waals surface area contributed by atoms with E-state index in [2.05, 4.69) is 16.3 Å². The fourth-order valence-corrected chi connectivity index (χ4v) is 3.33. The number of hydrogen-bond donors (Lipinski definition) is 2. The Morgan fingerprint density at radius 3 is 2.56 bits per heavy atom. The van der Waals surface area contributed by atoms with Crippen LogP contribution in [-0.2, 0) is 11.3 Å². The molecule has 1 amide bonds. The van der Waals surface area contributed by atoms with Crippen LogP contribution in [0.3, 0.4) is 0 Å². The van der Waals surface area contributed by atoms with Crippen LogP contribution in [-0.4, -0.2) is 45.2 Å². The second-order valence-corrected chi connectivity index (χ2v) is 6.72. The van der Waals surface area contributed by atoms with Crippen LogP contribution < -0.4 is 19.9 Å². The molecule has 0 bridgehead atoms. The summed E-state index contributed by atoms with van der Waals surface area (Å²) in [4.78, 5) is 15.8. The van der Waals surface area contributed by atoms with E-state index in [0.717, 1.165) is 43.2 Å². The summed E-state index contributed by atoms with van der Waals surface area (Å²) in [5, 5.41) is 2.92. The van der Waals surface area contributed by atoms with E-state index in [9.17, 15) is 9.18 Å². The van der Waals surface area contributed by atoms with Gasteiger partial charge >= 0.3 is 0 Å². The van der Waals surface area contributed by atoms with Crippen molar-refractivity contribution in [1.29, 1.82) is 0 Å². The second kappa shape index (κ2) is 9.37. The number of carbonyl (C=O) groups is 1. The highest BCUT2D eigenvalue weighted by Crippen LogP contribution is 2.27. The summed E-state index contributed by atoms with van der Waals surface area (Å²) in [5.41, 5.74) is 2.02. The predicted molar refractivity (Wildman–Crippen MR) is 104 cm³/mol. The van der Waals surface area contributed by atoms with E-state index >= 15 is 0 Å². The second-order valence-electron chi connectivity index (χ2n) is 6.72. The summed E-state index contributed by atoms with van der Waals surface area (Å²) in [7, 11) is 0. The lowest BCUT2D eigenvalue weighted by molar-refractivity contribution is -0.892. The van der Waals surface area contributed by atoms with Crippen LogP contribution in [0.1, 0.15) is 12.5 Å². The highest BCUT2D eigenvalue weighted by atomic mass is 19.1. The van der Waals surface area contributed by atoms with Crippen molar-refractivity contribution in [3.8, 4) is 5.75 Å². The van der Waals surface area contributed by atoms with Gasteiger partial charge in [0, 0.05) is 6.54 Å². The number of ether oxygens (including phenoxy) is 1. The zero-order valence-corrected chi connectivity index (χ0v) is 15.7. The molecule has 0 atom stereocenters. The Bertz CT molecular complexity index is 743. The smallest absolute Gasteiger partial charge is 0.275 e. The van der Waals surface area contributed by atoms with Gasteiger partial charge in [0.15, 0.2) is 6.54 Å². The van der Waals surface area contributed by atoms with Crippen molar-refractivity contribution in [3.63, 3.8) is 0 Å². The molecule has 0 spiro atoms. The lowest BCUT2D eigenvalue weighted by Gasteiger charge is -2.34. The van der Waals surface area contributed by atoms with Crippen molar-refractivity contribution >= 4 is 11.6 Å². The lowest BCUT2D eigenvalue weighted by Crippen LogP contribution is -3.15. The first-order valence-corrected chi connectivity index (χ1v) is 9.47. The third kappa shape index (κ3) is 5.44. The van der Waals surface area contributed by atoms with Crippen molar-refractivity contribution in [2.45, 2.75) is 13.5 Å². The molecular formula is C21H27FN3O2+. The maximum Gasteiger partial charge on any atom is 0.275 e. The van der Waals surface area contributed by atoms with Crippen molar-refractivity contribution < 1.29 is 18.8 Å².